The molecule has 9 heteroatoms. The summed E-state index contributed by atoms with van der Waals surface area (Å²) in [6.45, 7) is 1.85. The van der Waals surface area contributed by atoms with E-state index < -0.39 is 15.8 Å². The van der Waals surface area contributed by atoms with Crippen molar-refractivity contribution in [3.63, 3.8) is 0 Å². The molecule has 5 aromatic rings. The van der Waals surface area contributed by atoms with Crippen LogP contribution in [0.2, 0.25) is 0 Å². The molecule has 0 fully saturated rings. The summed E-state index contributed by atoms with van der Waals surface area (Å²) in [5, 5.41) is 18.4. The SMILES string of the molecule is Cc1ccc(S(=O)(=O)n2ccc3c(F)ccc(C#N)c32)cc1.N#Cc1ccc(F)c2cc[nH]c12. The van der Waals surface area contributed by atoms with Crippen LogP contribution in [-0.2, 0) is 10.0 Å². The van der Waals surface area contributed by atoms with Crippen molar-refractivity contribution in [2.45, 2.75) is 11.8 Å². The normalized spacial score (nSPS) is 11.0. The van der Waals surface area contributed by atoms with Crippen LogP contribution in [-0.4, -0.2) is 17.4 Å². The van der Waals surface area contributed by atoms with E-state index >= 15 is 0 Å². The predicted octanol–water partition coefficient (Wildman–Crippen LogP) is 5.38. The van der Waals surface area contributed by atoms with Gasteiger partial charge in [0.05, 0.1) is 27.1 Å². The Labute approximate surface area is 194 Å². The molecule has 34 heavy (non-hydrogen) atoms. The highest BCUT2D eigenvalue weighted by atomic mass is 32.2. The minimum atomic E-state index is -3.89. The minimum Gasteiger partial charge on any atom is -0.360 e. The van der Waals surface area contributed by atoms with Crippen molar-refractivity contribution in [1.82, 2.24) is 8.96 Å². The summed E-state index contributed by atoms with van der Waals surface area (Å²) in [4.78, 5) is 2.90. The van der Waals surface area contributed by atoms with E-state index in [1.54, 1.807) is 24.4 Å². The van der Waals surface area contributed by atoms with Crippen molar-refractivity contribution >= 4 is 31.8 Å². The van der Waals surface area contributed by atoms with Crippen LogP contribution in [0.3, 0.4) is 0 Å². The van der Waals surface area contributed by atoms with Gasteiger partial charge in [-0.3, -0.25) is 0 Å². The number of rotatable bonds is 2. The molecule has 168 valence electrons. The van der Waals surface area contributed by atoms with Gasteiger partial charge in [-0.05, 0) is 55.5 Å². The summed E-state index contributed by atoms with van der Waals surface area (Å²) in [5.74, 6) is -0.864. The van der Waals surface area contributed by atoms with Crippen molar-refractivity contribution in [2.24, 2.45) is 0 Å². The molecule has 2 aromatic heterocycles. The van der Waals surface area contributed by atoms with Crippen LogP contribution in [0.4, 0.5) is 8.78 Å². The number of aromatic amines is 1. The minimum absolute atomic E-state index is 0.0584. The maximum Gasteiger partial charge on any atom is 0.268 e. The number of nitriles is 2. The molecule has 0 saturated carbocycles. The molecule has 5 rings (SSSR count). The molecule has 1 N–H and O–H groups in total. The largest absolute Gasteiger partial charge is 0.360 e. The third kappa shape index (κ3) is 3.90. The fourth-order valence-corrected chi connectivity index (χ4v) is 4.89. The molecule has 3 aromatic carbocycles. The van der Waals surface area contributed by atoms with Gasteiger partial charge in [0.1, 0.15) is 23.8 Å². The quantitative estimate of drug-likeness (QED) is 0.371. The molecule has 0 radical (unpaired) electrons. The zero-order valence-electron chi connectivity index (χ0n) is 17.8. The predicted molar refractivity (Wildman–Crippen MR) is 123 cm³/mol. The lowest BCUT2D eigenvalue weighted by atomic mass is 10.1. The van der Waals surface area contributed by atoms with E-state index in [9.17, 15) is 17.2 Å². The van der Waals surface area contributed by atoms with E-state index in [1.807, 2.05) is 19.1 Å². The first-order chi connectivity index (χ1) is 16.3. The number of fused-ring (bicyclic) bond motifs is 2. The van der Waals surface area contributed by atoms with Crippen LogP contribution in [0.25, 0.3) is 21.8 Å². The topological polar surface area (TPSA) is 102 Å². The van der Waals surface area contributed by atoms with E-state index in [-0.39, 0.29) is 27.2 Å². The van der Waals surface area contributed by atoms with Gasteiger partial charge in [0.2, 0.25) is 0 Å². The number of halogens is 2. The molecule has 0 aliphatic carbocycles. The molecule has 0 unspecified atom stereocenters. The van der Waals surface area contributed by atoms with Crippen LogP contribution >= 0.6 is 0 Å². The van der Waals surface area contributed by atoms with Gasteiger partial charge in [-0.1, -0.05) is 17.7 Å². The highest BCUT2D eigenvalue weighted by molar-refractivity contribution is 7.90. The number of aromatic nitrogens is 2. The van der Waals surface area contributed by atoms with Crippen molar-refractivity contribution < 1.29 is 17.2 Å². The molecule has 0 saturated heterocycles. The number of aryl methyl sites for hydroxylation is 1. The second-order valence-corrected chi connectivity index (χ2v) is 9.19. The molecule has 2 heterocycles. The van der Waals surface area contributed by atoms with Crippen LogP contribution < -0.4 is 0 Å². The summed E-state index contributed by atoms with van der Waals surface area (Å²) < 4.78 is 53.3. The van der Waals surface area contributed by atoms with E-state index in [1.165, 1.54) is 42.6 Å². The van der Waals surface area contributed by atoms with Gasteiger partial charge < -0.3 is 4.98 Å². The lowest BCUT2D eigenvalue weighted by Gasteiger charge is -2.09. The van der Waals surface area contributed by atoms with Crippen molar-refractivity contribution in [3.05, 3.63) is 101 Å². The number of hydrogen-bond acceptors (Lipinski definition) is 4. The Kier molecular flexibility index (Phi) is 5.89. The third-order valence-electron chi connectivity index (χ3n) is 5.25. The standard InChI is InChI=1S/C16H11FN2O2S.C9H5FN2/c1-11-2-5-13(6-3-11)22(20,21)19-9-8-14-15(17)7-4-12(10-18)16(14)19;10-8-2-1-6(5-11)9-7(8)3-4-12-9/h2-9H,1H3;1-4,12H. The number of hydrogen-bond donors (Lipinski definition) is 1. The Balaban J connectivity index is 0.000000192. The number of H-pyrrole nitrogens is 1. The zero-order valence-corrected chi connectivity index (χ0v) is 18.6. The Morgan fingerprint density at radius 3 is 2.09 bits per heavy atom. The maximum atomic E-state index is 13.8. The van der Waals surface area contributed by atoms with E-state index in [0.29, 0.717) is 16.5 Å². The Hall–Kier alpha value is -4.47. The van der Waals surface area contributed by atoms with Crippen LogP contribution in [0.15, 0.2) is 78.0 Å². The van der Waals surface area contributed by atoms with E-state index in [0.717, 1.165) is 15.6 Å². The van der Waals surface area contributed by atoms with Gasteiger partial charge in [-0.25, -0.2) is 21.2 Å². The molecular weight excluding hydrogens is 458 g/mol. The Morgan fingerprint density at radius 1 is 0.824 bits per heavy atom. The van der Waals surface area contributed by atoms with Gasteiger partial charge in [-0.15, -0.1) is 0 Å². The Bertz CT molecular complexity index is 1720. The summed E-state index contributed by atoms with van der Waals surface area (Å²) in [6, 6.07) is 18.4. The first kappa shape index (κ1) is 22.7. The summed E-state index contributed by atoms with van der Waals surface area (Å²) in [7, 11) is -3.89. The maximum absolute atomic E-state index is 13.8. The second kappa shape index (κ2) is 8.81. The summed E-state index contributed by atoms with van der Waals surface area (Å²) >= 11 is 0. The van der Waals surface area contributed by atoms with Gasteiger partial charge in [0.15, 0.2) is 0 Å². The molecule has 0 aliphatic heterocycles. The van der Waals surface area contributed by atoms with Crippen LogP contribution in [0, 0.1) is 41.2 Å². The zero-order chi connectivity index (χ0) is 24.5. The number of nitrogens with one attached hydrogen (secondary N) is 1. The fraction of sp³-hybridized carbons (Fsp3) is 0.0400. The molecule has 6 nitrogen and oxygen atoms in total. The van der Waals surface area contributed by atoms with Crippen LogP contribution in [0.5, 0.6) is 0 Å². The van der Waals surface area contributed by atoms with Gasteiger partial charge >= 0.3 is 0 Å². The molecular formula is C25H16F2N4O2S. The first-order valence-corrected chi connectivity index (χ1v) is 11.4. The van der Waals surface area contributed by atoms with Crippen molar-refractivity contribution in [1.29, 1.82) is 10.5 Å². The lowest BCUT2D eigenvalue weighted by molar-refractivity contribution is 0.589. The van der Waals surface area contributed by atoms with Crippen molar-refractivity contribution in [2.75, 3.05) is 0 Å². The smallest absolute Gasteiger partial charge is 0.268 e. The van der Waals surface area contributed by atoms with Gasteiger partial charge in [-0.2, -0.15) is 10.5 Å². The second-order valence-electron chi connectivity index (χ2n) is 7.37. The molecule has 0 aliphatic rings. The molecule has 0 amide bonds. The molecule has 0 bridgehead atoms. The average molecular weight is 474 g/mol. The van der Waals surface area contributed by atoms with Crippen molar-refractivity contribution in [3.8, 4) is 12.1 Å². The molecule has 0 spiro atoms. The van der Waals surface area contributed by atoms with E-state index in [2.05, 4.69) is 4.98 Å². The fourth-order valence-electron chi connectivity index (χ4n) is 3.52. The number of nitrogens with zero attached hydrogens (tertiary/aromatic N) is 3. The highest BCUT2D eigenvalue weighted by Gasteiger charge is 2.21. The summed E-state index contributed by atoms with van der Waals surface area (Å²) in [6.07, 6.45) is 2.89. The average Bonchev–Trinajstić information content (AvgIpc) is 3.50. The summed E-state index contributed by atoms with van der Waals surface area (Å²) in [5.41, 5.74) is 2.13. The highest BCUT2D eigenvalue weighted by Crippen LogP contribution is 2.27. The third-order valence-corrected chi connectivity index (χ3v) is 6.94. The van der Waals surface area contributed by atoms with E-state index in [4.69, 9.17) is 10.5 Å². The lowest BCUT2D eigenvalue weighted by Crippen LogP contribution is -2.12. The number of benzene rings is 3. The van der Waals surface area contributed by atoms with Crippen LogP contribution in [0.1, 0.15) is 16.7 Å². The van der Waals surface area contributed by atoms with Gasteiger partial charge in [0.25, 0.3) is 10.0 Å². The first-order valence-electron chi connectivity index (χ1n) is 9.95. The Morgan fingerprint density at radius 2 is 1.44 bits per heavy atom. The monoisotopic (exact) mass is 474 g/mol. The molecule has 0 atom stereocenters. The van der Waals surface area contributed by atoms with Gasteiger partial charge in [0, 0.05) is 23.2 Å².